The lowest BCUT2D eigenvalue weighted by Crippen LogP contribution is -2.32. The number of urea groups is 1. The Morgan fingerprint density at radius 1 is 1.12 bits per heavy atom. The summed E-state index contributed by atoms with van der Waals surface area (Å²) in [5, 5.41) is 6.54. The predicted octanol–water partition coefficient (Wildman–Crippen LogP) is 2.89. The molecule has 1 aliphatic rings. The van der Waals surface area contributed by atoms with Crippen molar-refractivity contribution in [2.45, 2.75) is 12.5 Å². The highest BCUT2D eigenvalue weighted by atomic mass is 16.6. The first-order valence-electron chi connectivity index (χ1n) is 8.23. The maximum absolute atomic E-state index is 12.6. The molecule has 0 radical (unpaired) electrons. The Morgan fingerprint density at radius 3 is 2.54 bits per heavy atom. The van der Waals surface area contributed by atoms with Gasteiger partial charge in [0.2, 0.25) is 0 Å². The summed E-state index contributed by atoms with van der Waals surface area (Å²) in [6, 6.07) is 15.6. The molecule has 26 heavy (non-hydrogen) atoms. The minimum absolute atomic E-state index is 0.255. The lowest BCUT2D eigenvalue weighted by Gasteiger charge is -2.13. The quantitative estimate of drug-likeness (QED) is 0.275. The highest BCUT2D eigenvalue weighted by Gasteiger charge is 2.38. The summed E-state index contributed by atoms with van der Waals surface area (Å²) in [5.74, 6) is -0.255. The van der Waals surface area contributed by atoms with Crippen molar-refractivity contribution >= 4 is 23.8 Å². The molecule has 1 saturated heterocycles. The number of rotatable bonds is 7. The Labute approximate surface area is 151 Å². The molecule has 0 aliphatic carbocycles. The van der Waals surface area contributed by atoms with Crippen LogP contribution < -0.4 is 10.2 Å². The van der Waals surface area contributed by atoms with Crippen LogP contribution in [-0.4, -0.2) is 30.8 Å². The van der Waals surface area contributed by atoms with Crippen molar-refractivity contribution in [3.05, 3.63) is 78.4 Å². The van der Waals surface area contributed by atoms with Gasteiger partial charge in [-0.25, -0.2) is 9.69 Å². The van der Waals surface area contributed by atoms with E-state index in [0.29, 0.717) is 18.7 Å². The number of nitrogens with one attached hydrogen (secondary N) is 1. The fraction of sp³-hybridized carbons (Fsp3) is 0.150. The van der Waals surface area contributed by atoms with Crippen LogP contribution in [0.4, 0.5) is 10.5 Å². The van der Waals surface area contributed by atoms with Crippen LogP contribution in [-0.2, 0) is 16.1 Å². The van der Waals surface area contributed by atoms with Crippen LogP contribution >= 0.6 is 0 Å². The number of carbonyl (C=O) groups is 2. The molecule has 2 aromatic carbocycles. The van der Waals surface area contributed by atoms with Crippen molar-refractivity contribution in [3.63, 3.8) is 0 Å². The van der Waals surface area contributed by atoms with E-state index in [0.717, 1.165) is 11.1 Å². The molecular weight excluding hydrogens is 330 g/mol. The fourth-order valence-electron chi connectivity index (χ4n) is 2.67. The molecule has 6 nitrogen and oxygen atoms in total. The molecular formula is C20H19N3O3. The molecule has 1 atom stereocenters. The Morgan fingerprint density at radius 2 is 1.85 bits per heavy atom. The van der Waals surface area contributed by atoms with Gasteiger partial charge < -0.3 is 10.2 Å². The first kappa shape index (κ1) is 17.4. The molecule has 1 aliphatic heterocycles. The molecule has 2 aromatic rings. The number of benzene rings is 2. The smallest absolute Gasteiger partial charge is 0.329 e. The van der Waals surface area contributed by atoms with Crippen LogP contribution in [0.3, 0.4) is 0 Å². The molecule has 132 valence electrons. The zero-order chi connectivity index (χ0) is 18.4. The summed E-state index contributed by atoms with van der Waals surface area (Å²) in [5.41, 5.74) is 2.32. The third kappa shape index (κ3) is 3.97. The molecule has 3 amide bonds. The van der Waals surface area contributed by atoms with Gasteiger partial charge in [0, 0.05) is 6.42 Å². The van der Waals surface area contributed by atoms with Gasteiger partial charge in [0.15, 0.2) is 0 Å². The van der Waals surface area contributed by atoms with E-state index in [1.165, 1.54) is 4.90 Å². The first-order chi connectivity index (χ1) is 12.7. The van der Waals surface area contributed by atoms with Gasteiger partial charge in [0.1, 0.15) is 12.6 Å². The van der Waals surface area contributed by atoms with Crippen LogP contribution in [0.2, 0.25) is 0 Å². The normalized spacial score (nSPS) is 16.8. The van der Waals surface area contributed by atoms with Gasteiger partial charge in [-0.1, -0.05) is 60.3 Å². The lowest BCUT2D eigenvalue weighted by molar-refractivity contribution is -0.118. The summed E-state index contributed by atoms with van der Waals surface area (Å²) in [7, 11) is 0. The summed E-state index contributed by atoms with van der Waals surface area (Å²) in [6.07, 6.45) is 3.62. The number of anilines is 1. The van der Waals surface area contributed by atoms with Gasteiger partial charge in [-0.05, 0) is 23.3 Å². The zero-order valence-electron chi connectivity index (χ0n) is 14.2. The standard InChI is InChI=1S/C20H19N3O3/c1-2-12-26-21-14-16-8-10-17(11-9-16)23-19(24)18(22-20(23)25)13-15-6-4-3-5-7-15/h2-11,14,18H,1,12-13H2,(H,22,25). The van der Waals surface area contributed by atoms with E-state index >= 15 is 0 Å². The van der Waals surface area contributed by atoms with Gasteiger partial charge in [-0.15, -0.1) is 0 Å². The van der Waals surface area contributed by atoms with E-state index in [1.54, 1.807) is 36.6 Å². The Balaban J connectivity index is 1.68. The second-order valence-electron chi connectivity index (χ2n) is 5.78. The lowest BCUT2D eigenvalue weighted by atomic mass is 10.1. The Kier molecular flexibility index (Phi) is 5.43. The largest absolute Gasteiger partial charge is 0.392 e. The number of hydrogen-bond donors (Lipinski definition) is 1. The summed E-state index contributed by atoms with van der Waals surface area (Å²) in [4.78, 5) is 31.0. The molecule has 1 fully saturated rings. The van der Waals surface area contributed by atoms with Gasteiger partial charge >= 0.3 is 6.03 Å². The van der Waals surface area contributed by atoms with Crippen molar-refractivity contribution in [1.82, 2.24) is 5.32 Å². The summed E-state index contributed by atoms with van der Waals surface area (Å²) < 4.78 is 0. The van der Waals surface area contributed by atoms with Gasteiger partial charge in [0.05, 0.1) is 11.9 Å². The maximum atomic E-state index is 12.6. The van der Waals surface area contributed by atoms with E-state index in [-0.39, 0.29) is 5.91 Å². The molecule has 0 saturated carbocycles. The monoisotopic (exact) mass is 349 g/mol. The van der Waals surface area contributed by atoms with Crippen molar-refractivity contribution in [2.75, 3.05) is 11.5 Å². The number of imide groups is 1. The number of hydrogen-bond acceptors (Lipinski definition) is 4. The minimum Gasteiger partial charge on any atom is -0.392 e. The van der Waals surface area contributed by atoms with E-state index < -0.39 is 12.1 Å². The van der Waals surface area contributed by atoms with Crippen molar-refractivity contribution in [2.24, 2.45) is 5.16 Å². The van der Waals surface area contributed by atoms with Crippen molar-refractivity contribution in [1.29, 1.82) is 0 Å². The Hall–Kier alpha value is -3.41. The molecule has 3 rings (SSSR count). The first-order valence-corrected chi connectivity index (χ1v) is 8.23. The van der Waals surface area contributed by atoms with Crippen molar-refractivity contribution in [3.8, 4) is 0 Å². The van der Waals surface area contributed by atoms with Crippen LogP contribution in [0.25, 0.3) is 0 Å². The van der Waals surface area contributed by atoms with Crippen LogP contribution in [0.1, 0.15) is 11.1 Å². The van der Waals surface area contributed by atoms with Crippen LogP contribution in [0.5, 0.6) is 0 Å². The van der Waals surface area contributed by atoms with Crippen LogP contribution in [0.15, 0.2) is 72.4 Å². The highest BCUT2D eigenvalue weighted by Crippen LogP contribution is 2.21. The van der Waals surface area contributed by atoms with E-state index in [2.05, 4.69) is 17.1 Å². The fourth-order valence-corrected chi connectivity index (χ4v) is 2.67. The number of nitrogens with zero attached hydrogens (tertiary/aromatic N) is 2. The molecule has 1 heterocycles. The SMILES string of the molecule is C=CCON=Cc1ccc(N2C(=O)NC(Cc3ccccc3)C2=O)cc1. The number of amides is 3. The maximum Gasteiger partial charge on any atom is 0.329 e. The van der Waals surface area contributed by atoms with Crippen LogP contribution in [0, 0.1) is 0 Å². The highest BCUT2D eigenvalue weighted by molar-refractivity contribution is 6.21. The molecule has 6 heteroatoms. The Bertz CT molecular complexity index is 816. The summed E-state index contributed by atoms with van der Waals surface area (Å²) >= 11 is 0. The topological polar surface area (TPSA) is 71.0 Å². The number of oxime groups is 1. The number of carbonyl (C=O) groups excluding carboxylic acids is 2. The molecule has 0 bridgehead atoms. The van der Waals surface area contributed by atoms with E-state index in [9.17, 15) is 9.59 Å². The van der Waals surface area contributed by atoms with Gasteiger partial charge in [-0.3, -0.25) is 4.79 Å². The zero-order valence-corrected chi connectivity index (χ0v) is 14.2. The van der Waals surface area contributed by atoms with Crippen molar-refractivity contribution < 1.29 is 14.4 Å². The third-order valence-corrected chi connectivity index (χ3v) is 3.92. The summed E-state index contributed by atoms with van der Waals surface area (Å²) in [6.45, 7) is 3.87. The average Bonchev–Trinajstić information content (AvgIpc) is 2.94. The minimum atomic E-state index is -0.557. The third-order valence-electron chi connectivity index (χ3n) is 3.92. The van der Waals surface area contributed by atoms with E-state index in [1.807, 2.05) is 30.3 Å². The van der Waals surface area contributed by atoms with Gasteiger partial charge in [-0.2, -0.15) is 0 Å². The second kappa shape index (κ2) is 8.11. The molecule has 1 unspecified atom stereocenters. The predicted molar refractivity (Wildman–Crippen MR) is 100 cm³/mol. The van der Waals surface area contributed by atoms with E-state index in [4.69, 9.17) is 4.84 Å². The van der Waals surface area contributed by atoms with Gasteiger partial charge in [0.25, 0.3) is 5.91 Å². The molecule has 0 aromatic heterocycles. The second-order valence-corrected chi connectivity index (χ2v) is 5.78. The average molecular weight is 349 g/mol. The molecule has 0 spiro atoms. The molecule has 1 N–H and O–H groups in total.